The molecule has 1 aromatic carbocycles. The van der Waals surface area contributed by atoms with Crippen LogP contribution in [0.2, 0.25) is 0 Å². The zero-order valence-corrected chi connectivity index (χ0v) is 8.90. The lowest BCUT2D eigenvalue weighted by molar-refractivity contribution is 0.319. The number of hydrogen-bond acceptors (Lipinski definition) is 4. The Morgan fingerprint density at radius 3 is 2.73 bits per heavy atom. The molecule has 0 radical (unpaired) electrons. The third kappa shape index (κ3) is 1.46. The quantitative estimate of drug-likeness (QED) is 0.521. The van der Waals surface area contributed by atoms with Crippen molar-refractivity contribution in [3.8, 4) is 0 Å². The maximum Gasteiger partial charge on any atom is 0.240 e. The first-order chi connectivity index (χ1) is 7.06. The van der Waals surface area contributed by atoms with Crippen molar-refractivity contribution in [3.63, 3.8) is 0 Å². The number of benzene rings is 1. The summed E-state index contributed by atoms with van der Waals surface area (Å²) in [6.45, 7) is 0. The summed E-state index contributed by atoms with van der Waals surface area (Å²) in [4.78, 5) is 0. The molecular weight excluding hydrogens is 216 g/mol. The zero-order valence-electron chi connectivity index (χ0n) is 8.08. The van der Waals surface area contributed by atoms with Crippen molar-refractivity contribution in [1.29, 1.82) is 0 Å². The average molecular weight is 226 g/mol. The highest BCUT2D eigenvalue weighted by Crippen LogP contribution is 2.27. The average Bonchev–Trinajstić information content (AvgIpc) is 2.24. The molecule has 0 bridgehead atoms. The molecule has 0 amide bonds. The summed E-state index contributed by atoms with van der Waals surface area (Å²) in [5, 5.41) is 11.8. The number of para-hydroxylation sites is 1. The Hall–Kier alpha value is -1.56. The molecule has 1 aromatic rings. The molecule has 0 aliphatic carbocycles. The van der Waals surface area contributed by atoms with Crippen LogP contribution in [-0.2, 0) is 10.0 Å². The van der Waals surface area contributed by atoms with Crippen LogP contribution in [0.3, 0.4) is 0 Å². The van der Waals surface area contributed by atoms with Crippen LogP contribution in [0.1, 0.15) is 5.56 Å². The van der Waals surface area contributed by atoms with E-state index in [1.807, 2.05) is 0 Å². The molecule has 0 aromatic heterocycles. The molecule has 15 heavy (non-hydrogen) atoms. The maximum absolute atomic E-state index is 11.6. The number of sulfonamides is 1. The number of nitrogens with zero attached hydrogens (tertiary/aromatic N) is 2. The molecule has 6 heteroatoms. The molecule has 1 heterocycles. The first-order valence-electron chi connectivity index (χ1n) is 4.33. The van der Waals surface area contributed by atoms with Gasteiger partial charge in [-0.05, 0) is 6.07 Å². The molecule has 0 fully saturated rings. The van der Waals surface area contributed by atoms with Crippen LogP contribution in [-0.4, -0.2) is 32.1 Å². The highest BCUT2D eigenvalue weighted by Gasteiger charge is 2.30. The highest BCUT2D eigenvalue weighted by atomic mass is 32.2. The van der Waals surface area contributed by atoms with Crippen LogP contribution in [0, 0.1) is 0 Å². The molecule has 0 saturated heterocycles. The van der Waals surface area contributed by atoms with Gasteiger partial charge in [-0.3, -0.25) is 4.31 Å². The number of anilines is 1. The van der Waals surface area contributed by atoms with Crippen LogP contribution < -0.4 is 4.31 Å². The van der Waals surface area contributed by atoms with Gasteiger partial charge in [-0.1, -0.05) is 23.4 Å². The lowest BCUT2D eigenvalue weighted by Gasteiger charge is -2.27. The maximum atomic E-state index is 11.6. The van der Waals surface area contributed by atoms with E-state index in [0.29, 0.717) is 11.3 Å². The highest BCUT2D eigenvalue weighted by molar-refractivity contribution is 7.93. The Labute approximate surface area is 87.7 Å². The number of oxime groups is 1. The first kappa shape index (κ1) is 9.97. The van der Waals surface area contributed by atoms with Crippen molar-refractivity contribution in [3.05, 3.63) is 29.8 Å². The Balaban J connectivity index is 2.71. The number of hydrogen-bond donors (Lipinski definition) is 1. The van der Waals surface area contributed by atoms with Crippen LogP contribution in [0.5, 0.6) is 0 Å². The lowest BCUT2D eigenvalue weighted by Crippen LogP contribution is -2.38. The van der Waals surface area contributed by atoms with E-state index in [1.165, 1.54) is 11.4 Å². The minimum Gasteiger partial charge on any atom is -0.411 e. The smallest absolute Gasteiger partial charge is 0.240 e. The van der Waals surface area contributed by atoms with E-state index in [1.54, 1.807) is 24.3 Å². The van der Waals surface area contributed by atoms with Gasteiger partial charge in [-0.15, -0.1) is 0 Å². The van der Waals surface area contributed by atoms with Gasteiger partial charge >= 0.3 is 0 Å². The van der Waals surface area contributed by atoms with Gasteiger partial charge in [0.05, 0.1) is 5.69 Å². The van der Waals surface area contributed by atoms with E-state index >= 15 is 0 Å². The van der Waals surface area contributed by atoms with Crippen LogP contribution in [0.4, 0.5) is 5.69 Å². The summed E-state index contributed by atoms with van der Waals surface area (Å²) in [5.74, 6) is -0.267. The molecule has 0 saturated carbocycles. The SMILES string of the molecule is CN1c2ccccc2/C(=N/O)CS1(=O)=O. The predicted molar refractivity (Wildman–Crippen MR) is 57.0 cm³/mol. The van der Waals surface area contributed by atoms with Crippen LogP contribution in [0.25, 0.3) is 0 Å². The largest absolute Gasteiger partial charge is 0.411 e. The second kappa shape index (κ2) is 3.23. The van der Waals surface area contributed by atoms with E-state index in [0.717, 1.165) is 0 Å². The summed E-state index contributed by atoms with van der Waals surface area (Å²) in [7, 11) is -1.91. The van der Waals surface area contributed by atoms with E-state index in [4.69, 9.17) is 5.21 Å². The van der Waals surface area contributed by atoms with Gasteiger partial charge in [0.25, 0.3) is 0 Å². The van der Waals surface area contributed by atoms with E-state index in [2.05, 4.69) is 5.16 Å². The van der Waals surface area contributed by atoms with Crippen molar-refractivity contribution in [1.82, 2.24) is 0 Å². The second-order valence-electron chi connectivity index (χ2n) is 3.29. The van der Waals surface area contributed by atoms with Gasteiger partial charge in [0.1, 0.15) is 11.5 Å². The van der Waals surface area contributed by atoms with Gasteiger partial charge in [0, 0.05) is 12.6 Å². The topological polar surface area (TPSA) is 70.0 Å². The van der Waals surface area contributed by atoms with Crippen molar-refractivity contribution in [2.45, 2.75) is 0 Å². The van der Waals surface area contributed by atoms with Crippen LogP contribution in [0.15, 0.2) is 29.4 Å². The monoisotopic (exact) mass is 226 g/mol. The zero-order chi connectivity index (χ0) is 11.1. The minimum absolute atomic E-state index is 0.184. The predicted octanol–water partition coefficient (Wildman–Crippen LogP) is 0.645. The third-order valence-corrected chi connectivity index (χ3v) is 4.08. The molecule has 1 aliphatic heterocycles. The molecule has 2 rings (SSSR count). The van der Waals surface area contributed by atoms with Crippen molar-refractivity contribution in [2.75, 3.05) is 17.1 Å². The van der Waals surface area contributed by atoms with E-state index in [9.17, 15) is 8.42 Å². The lowest BCUT2D eigenvalue weighted by atomic mass is 10.1. The number of fused-ring (bicyclic) bond motifs is 1. The Morgan fingerprint density at radius 2 is 2.07 bits per heavy atom. The van der Waals surface area contributed by atoms with Gasteiger partial charge in [0.2, 0.25) is 10.0 Å². The normalized spacial score (nSPS) is 21.4. The Bertz CT molecular complexity index is 522. The summed E-state index contributed by atoms with van der Waals surface area (Å²) >= 11 is 0. The van der Waals surface area contributed by atoms with Gasteiger partial charge < -0.3 is 5.21 Å². The Kier molecular flexibility index (Phi) is 2.15. The molecule has 5 nitrogen and oxygen atoms in total. The van der Waals surface area contributed by atoms with E-state index < -0.39 is 10.0 Å². The van der Waals surface area contributed by atoms with Gasteiger partial charge in [-0.2, -0.15) is 0 Å². The minimum atomic E-state index is -3.39. The van der Waals surface area contributed by atoms with Crippen molar-refractivity contribution < 1.29 is 13.6 Å². The molecule has 0 unspecified atom stereocenters. The molecule has 0 atom stereocenters. The first-order valence-corrected chi connectivity index (χ1v) is 5.94. The molecule has 1 N–H and O–H groups in total. The fourth-order valence-electron chi connectivity index (χ4n) is 1.57. The van der Waals surface area contributed by atoms with Gasteiger partial charge in [-0.25, -0.2) is 8.42 Å². The van der Waals surface area contributed by atoms with Crippen LogP contribution >= 0.6 is 0 Å². The third-order valence-electron chi connectivity index (χ3n) is 2.41. The van der Waals surface area contributed by atoms with E-state index in [-0.39, 0.29) is 11.5 Å². The standard InChI is InChI=1S/C9H10N2O3S/c1-11-9-5-3-2-4-7(9)8(10-12)6-15(11,13)14/h2-5,12H,6H2,1H3/b10-8+. The fourth-order valence-corrected chi connectivity index (χ4v) is 2.78. The van der Waals surface area contributed by atoms with Gasteiger partial charge in [0.15, 0.2) is 0 Å². The summed E-state index contributed by atoms with van der Waals surface area (Å²) in [6.07, 6.45) is 0. The van der Waals surface area contributed by atoms with Crippen molar-refractivity contribution >= 4 is 21.4 Å². The Morgan fingerprint density at radius 1 is 1.40 bits per heavy atom. The molecule has 0 spiro atoms. The summed E-state index contributed by atoms with van der Waals surface area (Å²) in [5.41, 5.74) is 1.37. The molecule has 1 aliphatic rings. The summed E-state index contributed by atoms with van der Waals surface area (Å²) < 4.78 is 24.5. The summed E-state index contributed by atoms with van der Waals surface area (Å²) in [6, 6.07) is 6.92. The molecule has 80 valence electrons. The number of rotatable bonds is 0. The molecular formula is C9H10N2O3S. The van der Waals surface area contributed by atoms with Crippen molar-refractivity contribution in [2.24, 2.45) is 5.16 Å². The fraction of sp³-hybridized carbons (Fsp3) is 0.222. The second-order valence-corrected chi connectivity index (χ2v) is 5.29.